The van der Waals surface area contributed by atoms with E-state index in [-0.39, 0.29) is 4.17 Å². The van der Waals surface area contributed by atoms with Crippen molar-refractivity contribution in [3.8, 4) is 0 Å². The molecule has 0 saturated carbocycles. The Bertz CT molecular complexity index is 252. The van der Waals surface area contributed by atoms with E-state index in [0.717, 1.165) is 0 Å². The van der Waals surface area contributed by atoms with Crippen molar-refractivity contribution < 1.29 is 0 Å². The summed E-state index contributed by atoms with van der Waals surface area (Å²) in [7, 11) is 1.76. The quantitative estimate of drug-likeness (QED) is 0.374. The van der Waals surface area contributed by atoms with Crippen LogP contribution in [-0.2, 0) is 0 Å². The summed E-state index contributed by atoms with van der Waals surface area (Å²) in [4.78, 5) is 1.45. The Hall–Kier alpha value is 1.45. The second kappa shape index (κ2) is 4.37. The van der Waals surface area contributed by atoms with Gasteiger partial charge in [-0.25, -0.2) is 0 Å². The van der Waals surface area contributed by atoms with Crippen LogP contribution in [0.4, 0.5) is 0 Å². The predicted molar refractivity (Wildman–Crippen MR) is 70.6 cm³/mol. The molecule has 1 aliphatic heterocycles. The first-order valence-electron chi connectivity index (χ1n) is 3.32. The van der Waals surface area contributed by atoms with E-state index in [0.29, 0.717) is 0 Å². The molecule has 1 heterocycles. The maximum absolute atomic E-state index is 5.95. The van der Waals surface area contributed by atoms with Crippen LogP contribution in [0.5, 0.6) is 0 Å². The lowest BCUT2D eigenvalue weighted by Gasteiger charge is -2.37. The van der Waals surface area contributed by atoms with E-state index in [1.54, 1.807) is 12.1 Å². The zero-order valence-corrected chi connectivity index (χ0v) is 12.7. The molecule has 9 heteroatoms. The van der Waals surface area contributed by atoms with Gasteiger partial charge in [0.1, 0.15) is 6.34 Å². The van der Waals surface area contributed by atoms with E-state index >= 15 is 0 Å². The minimum absolute atomic E-state index is 0.196. The number of alkyl halides is 6. The molecule has 0 saturated heterocycles. The maximum atomic E-state index is 5.95. The number of rotatable bonds is 1. The van der Waals surface area contributed by atoms with Crippen molar-refractivity contribution >= 4 is 86.9 Å². The van der Waals surface area contributed by atoms with Crippen molar-refractivity contribution in [2.75, 3.05) is 7.05 Å². The Kier molecular flexibility index (Phi) is 4.22. The van der Waals surface area contributed by atoms with Gasteiger partial charge >= 0.3 is 0 Å². The van der Waals surface area contributed by atoms with Crippen LogP contribution in [0.3, 0.4) is 0 Å². The summed E-state index contributed by atoms with van der Waals surface area (Å²) in [5.74, 6) is 0. The second-order valence-electron chi connectivity index (χ2n) is 2.56. The summed E-state index contributed by atoms with van der Waals surface area (Å²) in [5, 5.41) is 5.60. The van der Waals surface area contributed by atoms with Gasteiger partial charge in [0.2, 0.25) is 8.25 Å². The highest BCUT2D eigenvalue weighted by atomic mass is 127. The average molecular weight is 411 g/mol. The molecule has 14 heavy (non-hydrogen) atoms. The van der Waals surface area contributed by atoms with E-state index in [1.165, 1.54) is 11.2 Å². The monoisotopic (exact) mass is 409 g/mol. The van der Waals surface area contributed by atoms with Crippen molar-refractivity contribution in [2.24, 2.45) is 5.10 Å². The predicted octanol–water partition coefficient (Wildman–Crippen LogP) is 3.40. The van der Waals surface area contributed by atoms with E-state index in [4.69, 9.17) is 58.0 Å². The summed E-state index contributed by atoms with van der Waals surface area (Å²) in [6.07, 6.45) is 1.43. The first-order chi connectivity index (χ1) is 6.18. The van der Waals surface area contributed by atoms with Crippen LogP contribution in [-0.4, -0.2) is 35.7 Å². The van der Waals surface area contributed by atoms with Crippen molar-refractivity contribution in [3.05, 3.63) is 0 Å². The summed E-state index contributed by atoms with van der Waals surface area (Å²) >= 11 is 30.9. The smallest absolute Gasteiger partial charge is 0.241 e. The fraction of sp³-hybridized carbons (Fsp3) is 0.800. The number of hydrogen-bond donors (Lipinski definition) is 0. The maximum Gasteiger partial charge on any atom is 0.241 e. The van der Waals surface area contributed by atoms with Crippen molar-refractivity contribution in [1.29, 1.82) is 0 Å². The van der Waals surface area contributed by atoms with Gasteiger partial charge in [-0.2, -0.15) is 5.10 Å². The second-order valence-corrected chi connectivity index (χ2v) is 7.24. The summed E-state index contributed by atoms with van der Waals surface area (Å²) in [5.41, 5.74) is 0. The topological polar surface area (TPSA) is 18.8 Å². The van der Waals surface area contributed by atoms with Gasteiger partial charge in [0, 0.05) is 7.05 Å². The molecule has 82 valence electrons. The molecular formula is C5H5Cl5IN3. The Balaban J connectivity index is 2.90. The zero-order valence-electron chi connectivity index (χ0n) is 6.76. The van der Waals surface area contributed by atoms with Crippen molar-refractivity contribution in [1.82, 2.24) is 9.91 Å². The minimum Gasteiger partial charge on any atom is -0.295 e. The molecule has 0 aromatic heterocycles. The van der Waals surface area contributed by atoms with E-state index in [9.17, 15) is 0 Å². The lowest BCUT2D eigenvalue weighted by molar-refractivity contribution is 0.233. The van der Waals surface area contributed by atoms with Crippen LogP contribution in [0.2, 0.25) is 0 Å². The fourth-order valence-corrected chi connectivity index (χ4v) is 2.38. The lowest BCUT2D eigenvalue weighted by Crippen LogP contribution is -2.51. The standard InChI is InChI=1S/C5H5Cl5IN3/c1-13-3(11)14(2-12-13)5(9,10)4(6,7)8/h2-3H,1H3. The summed E-state index contributed by atoms with van der Waals surface area (Å²) < 4.78 is -3.67. The highest BCUT2D eigenvalue weighted by Crippen LogP contribution is 2.49. The highest BCUT2D eigenvalue weighted by molar-refractivity contribution is 14.1. The molecule has 1 aliphatic rings. The van der Waals surface area contributed by atoms with Crippen LogP contribution >= 0.6 is 80.6 Å². The van der Waals surface area contributed by atoms with E-state index in [2.05, 4.69) is 27.7 Å². The minimum atomic E-state index is -1.82. The van der Waals surface area contributed by atoms with Gasteiger partial charge in [-0.3, -0.25) is 9.91 Å². The molecule has 1 unspecified atom stereocenters. The van der Waals surface area contributed by atoms with E-state index in [1.807, 2.05) is 0 Å². The SMILES string of the molecule is CN1N=CN(C(Cl)(Cl)C(Cl)(Cl)Cl)C1I. The van der Waals surface area contributed by atoms with Gasteiger partial charge < -0.3 is 0 Å². The van der Waals surface area contributed by atoms with E-state index < -0.39 is 8.25 Å². The van der Waals surface area contributed by atoms with Crippen LogP contribution in [0.25, 0.3) is 0 Å². The molecule has 0 N–H and O–H groups in total. The highest BCUT2D eigenvalue weighted by Gasteiger charge is 2.53. The number of nitrogens with zero attached hydrogens (tertiary/aromatic N) is 3. The van der Waals surface area contributed by atoms with Gasteiger partial charge in [-0.1, -0.05) is 58.0 Å². The Morgan fingerprint density at radius 2 is 1.79 bits per heavy atom. The summed E-state index contributed by atoms with van der Waals surface area (Å²) in [6, 6.07) is 0. The molecule has 0 aliphatic carbocycles. The first kappa shape index (κ1) is 13.5. The van der Waals surface area contributed by atoms with Crippen LogP contribution in [0.1, 0.15) is 0 Å². The van der Waals surface area contributed by atoms with Gasteiger partial charge in [-0.15, -0.1) is 0 Å². The third-order valence-electron chi connectivity index (χ3n) is 1.56. The fourth-order valence-electron chi connectivity index (χ4n) is 0.780. The largest absolute Gasteiger partial charge is 0.295 e. The number of hydrogen-bond acceptors (Lipinski definition) is 3. The molecule has 0 spiro atoms. The van der Waals surface area contributed by atoms with Gasteiger partial charge in [0.05, 0.1) is 0 Å². The molecular weight excluding hydrogens is 406 g/mol. The normalized spacial score (nSPS) is 23.5. The summed E-state index contributed by atoms with van der Waals surface area (Å²) in [6.45, 7) is 0. The zero-order chi connectivity index (χ0) is 11.1. The first-order valence-corrected chi connectivity index (χ1v) is 6.45. The average Bonchev–Trinajstić information content (AvgIpc) is 2.30. The van der Waals surface area contributed by atoms with Gasteiger partial charge in [-0.05, 0) is 22.6 Å². The lowest BCUT2D eigenvalue weighted by atomic mass is 10.6. The Morgan fingerprint density at radius 1 is 1.29 bits per heavy atom. The third kappa shape index (κ3) is 2.40. The molecule has 0 bridgehead atoms. The van der Waals surface area contributed by atoms with Gasteiger partial charge in [0.25, 0.3) is 0 Å². The molecule has 3 nitrogen and oxygen atoms in total. The van der Waals surface area contributed by atoms with Crippen LogP contribution in [0.15, 0.2) is 5.10 Å². The van der Waals surface area contributed by atoms with Crippen molar-refractivity contribution in [3.63, 3.8) is 0 Å². The third-order valence-corrected chi connectivity index (χ3v) is 5.33. The number of hydrazone groups is 1. The molecule has 0 radical (unpaired) electrons. The molecule has 0 fully saturated rings. The van der Waals surface area contributed by atoms with Crippen LogP contribution in [0, 0.1) is 0 Å². The van der Waals surface area contributed by atoms with Crippen LogP contribution < -0.4 is 0 Å². The molecule has 0 aromatic carbocycles. The molecule has 1 atom stereocenters. The molecule has 0 amide bonds. The Morgan fingerprint density at radius 3 is 2.07 bits per heavy atom. The molecule has 1 rings (SSSR count). The Labute approximate surface area is 120 Å². The van der Waals surface area contributed by atoms with Crippen molar-refractivity contribution in [2.45, 2.75) is 12.4 Å². The van der Waals surface area contributed by atoms with Gasteiger partial charge in [0.15, 0.2) is 4.17 Å². The molecule has 0 aromatic rings. The number of halogens is 6.